The van der Waals surface area contributed by atoms with E-state index in [0.29, 0.717) is 5.82 Å². The van der Waals surface area contributed by atoms with Gasteiger partial charge in [-0.3, -0.25) is 20.4 Å². The Morgan fingerprint density at radius 1 is 1.12 bits per heavy atom. The average Bonchev–Trinajstić information content (AvgIpc) is 3.31. The summed E-state index contributed by atoms with van der Waals surface area (Å²) in [5.41, 5.74) is 5.40. The number of benzene rings is 1. The number of hydrogen-bond donors (Lipinski definition) is 2. The second-order valence-corrected chi connectivity index (χ2v) is 5.87. The third kappa shape index (κ3) is 4.82. The maximum atomic E-state index is 11.8. The summed E-state index contributed by atoms with van der Waals surface area (Å²) in [6, 6.07) is 13.1. The van der Waals surface area contributed by atoms with Crippen molar-refractivity contribution in [1.82, 2.24) is 31.1 Å². The van der Waals surface area contributed by atoms with Crippen LogP contribution in [0.2, 0.25) is 0 Å². The zero-order valence-corrected chi connectivity index (χ0v) is 13.8. The third-order valence-electron chi connectivity index (χ3n) is 3.04. The van der Waals surface area contributed by atoms with Crippen molar-refractivity contribution in [3.63, 3.8) is 0 Å². The topological polar surface area (TPSA) is 102 Å². The SMILES string of the molecule is O=C(/C=C/c1cccs1)NNC(=O)Cn1nnc(-c2ccccc2)n1. The first kappa shape index (κ1) is 16.5. The lowest BCUT2D eigenvalue weighted by molar-refractivity contribution is -0.127. The number of rotatable bonds is 5. The van der Waals surface area contributed by atoms with Gasteiger partial charge in [-0.05, 0) is 22.7 Å². The normalized spacial score (nSPS) is 10.7. The van der Waals surface area contributed by atoms with Crippen LogP contribution < -0.4 is 10.9 Å². The number of tetrazole rings is 1. The predicted molar refractivity (Wildman–Crippen MR) is 92.9 cm³/mol. The fraction of sp³-hybridized carbons (Fsp3) is 0.0625. The first-order chi connectivity index (χ1) is 12.2. The number of carbonyl (C=O) groups is 2. The van der Waals surface area contributed by atoms with Gasteiger partial charge in [-0.1, -0.05) is 36.4 Å². The van der Waals surface area contributed by atoms with Crippen LogP contribution in [0.3, 0.4) is 0 Å². The monoisotopic (exact) mass is 354 g/mol. The summed E-state index contributed by atoms with van der Waals surface area (Å²) in [7, 11) is 0. The van der Waals surface area contributed by atoms with Crippen molar-refractivity contribution in [2.75, 3.05) is 0 Å². The molecule has 1 aromatic carbocycles. The highest BCUT2D eigenvalue weighted by atomic mass is 32.1. The van der Waals surface area contributed by atoms with E-state index < -0.39 is 11.8 Å². The van der Waals surface area contributed by atoms with Gasteiger partial charge in [-0.2, -0.15) is 4.80 Å². The Bertz CT molecular complexity index is 873. The Morgan fingerprint density at radius 2 is 1.96 bits per heavy atom. The third-order valence-corrected chi connectivity index (χ3v) is 3.87. The lowest BCUT2D eigenvalue weighted by atomic mass is 10.2. The van der Waals surface area contributed by atoms with E-state index in [2.05, 4.69) is 26.3 Å². The van der Waals surface area contributed by atoms with Crippen molar-refractivity contribution in [2.45, 2.75) is 6.54 Å². The minimum Gasteiger partial charge on any atom is -0.271 e. The van der Waals surface area contributed by atoms with Crippen LogP contribution in [0, 0.1) is 0 Å². The van der Waals surface area contributed by atoms with Crippen LogP contribution in [0.15, 0.2) is 53.9 Å². The molecule has 0 spiro atoms. The summed E-state index contributed by atoms with van der Waals surface area (Å²) in [5.74, 6) is -0.468. The Balaban J connectivity index is 1.48. The molecule has 0 unspecified atom stereocenters. The van der Waals surface area contributed by atoms with E-state index in [-0.39, 0.29) is 6.54 Å². The molecule has 0 fully saturated rings. The number of nitrogens with zero attached hydrogens (tertiary/aromatic N) is 4. The number of carbonyl (C=O) groups excluding carboxylic acids is 2. The van der Waals surface area contributed by atoms with Crippen molar-refractivity contribution >= 4 is 29.2 Å². The maximum Gasteiger partial charge on any atom is 0.262 e. The van der Waals surface area contributed by atoms with Gasteiger partial charge in [-0.15, -0.1) is 21.5 Å². The molecule has 0 aliphatic carbocycles. The molecule has 2 heterocycles. The second-order valence-electron chi connectivity index (χ2n) is 4.90. The zero-order valence-electron chi connectivity index (χ0n) is 13.0. The number of hydrazine groups is 1. The molecule has 0 saturated heterocycles. The number of amides is 2. The number of nitrogens with one attached hydrogen (secondary N) is 2. The van der Waals surface area contributed by atoms with Gasteiger partial charge in [0.1, 0.15) is 6.54 Å². The molecule has 0 bridgehead atoms. The van der Waals surface area contributed by atoms with Gasteiger partial charge < -0.3 is 0 Å². The maximum absolute atomic E-state index is 11.8. The summed E-state index contributed by atoms with van der Waals surface area (Å²) in [6.45, 7) is -0.158. The molecule has 9 heteroatoms. The summed E-state index contributed by atoms with van der Waals surface area (Å²) in [5, 5.41) is 13.8. The molecule has 8 nitrogen and oxygen atoms in total. The van der Waals surface area contributed by atoms with Gasteiger partial charge in [0, 0.05) is 16.5 Å². The Kier molecular flexibility index (Phi) is 5.27. The van der Waals surface area contributed by atoms with Gasteiger partial charge >= 0.3 is 0 Å². The van der Waals surface area contributed by atoms with Crippen molar-refractivity contribution < 1.29 is 9.59 Å². The van der Waals surface area contributed by atoms with Crippen molar-refractivity contribution in [3.8, 4) is 11.4 Å². The molecule has 2 amide bonds. The molecular formula is C16H14N6O2S. The second kappa shape index (κ2) is 7.97. The molecule has 0 saturated carbocycles. The average molecular weight is 354 g/mol. The van der Waals surface area contributed by atoms with Crippen LogP contribution in [-0.4, -0.2) is 32.0 Å². The molecule has 126 valence electrons. The highest BCUT2D eigenvalue weighted by Gasteiger charge is 2.09. The van der Waals surface area contributed by atoms with Gasteiger partial charge in [0.05, 0.1) is 0 Å². The first-order valence-electron chi connectivity index (χ1n) is 7.34. The van der Waals surface area contributed by atoms with E-state index in [1.807, 2.05) is 47.8 Å². The van der Waals surface area contributed by atoms with E-state index in [9.17, 15) is 9.59 Å². The van der Waals surface area contributed by atoms with Crippen LogP contribution in [0.25, 0.3) is 17.5 Å². The molecule has 25 heavy (non-hydrogen) atoms. The van der Waals surface area contributed by atoms with Gasteiger partial charge in [-0.25, -0.2) is 0 Å². The minimum absolute atomic E-state index is 0.158. The quantitative estimate of drug-likeness (QED) is 0.531. The Labute approximate surface area is 147 Å². The van der Waals surface area contributed by atoms with E-state index >= 15 is 0 Å². The fourth-order valence-electron chi connectivity index (χ4n) is 1.90. The van der Waals surface area contributed by atoms with E-state index in [1.165, 1.54) is 17.4 Å². The van der Waals surface area contributed by atoms with E-state index in [4.69, 9.17) is 0 Å². The molecule has 3 rings (SSSR count). The Morgan fingerprint density at radius 3 is 2.72 bits per heavy atom. The molecule has 0 aliphatic heterocycles. The molecule has 2 aromatic heterocycles. The smallest absolute Gasteiger partial charge is 0.262 e. The standard InChI is InChI=1S/C16H14N6O2S/c23-14(9-8-13-7-4-10-25-13)17-18-15(24)11-22-20-16(19-21-22)12-5-2-1-3-6-12/h1-10H,11H2,(H,17,23)(H,18,24)/b9-8+. The van der Waals surface area contributed by atoms with Crippen molar-refractivity contribution in [2.24, 2.45) is 0 Å². The molecular weight excluding hydrogens is 340 g/mol. The lowest BCUT2D eigenvalue weighted by Crippen LogP contribution is -2.42. The summed E-state index contributed by atoms with van der Waals surface area (Å²) < 4.78 is 0. The molecule has 3 aromatic rings. The van der Waals surface area contributed by atoms with Crippen molar-refractivity contribution in [3.05, 3.63) is 58.8 Å². The number of hydrogen-bond acceptors (Lipinski definition) is 6. The largest absolute Gasteiger partial charge is 0.271 e. The van der Waals surface area contributed by atoms with E-state index in [1.54, 1.807) is 6.08 Å². The van der Waals surface area contributed by atoms with Gasteiger partial charge in [0.2, 0.25) is 5.82 Å². The van der Waals surface area contributed by atoms with Crippen LogP contribution in [0.1, 0.15) is 4.88 Å². The lowest BCUT2D eigenvalue weighted by Gasteiger charge is -2.03. The zero-order chi connectivity index (χ0) is 17.5. The molecule has 2 N–H and O–H groups in total. The summed E-state index contributed by atoms with van der Waals surface area (Å²) in [4.78, 5) is 25.5. The Hall–Kier alpha value is -3.33. The van der Waals surface area contributed by atoms with Crippen LogP contribution in [-0.2, 0) is 16.1 Å². The first-order valence-corrected chi connectivity index (χ1v) is 8.22. The highest BCUT2D eigenvalue weighted by molar-refractivity contribution is 7.10. The van der Waals surface area contributed by atoms with Crippen molar-refractivity contribution in [1.29, 1.82) is 0 Å². The summed E-state index contributed by atoms with van der Waals surface area (Å²) >= 11 is 1.51. The van der Waals surface area contributed by atoms with Gasteiger partial charge in [0.15, 0.2) is 0 Å². The van der Waals surface area contributed by atoms with E-state index in [0.717, 1.165) is 15.2 Å². The molecule has 0 aliphatic rings. The molecule has 0 radical (unpaired) electrons. The predicted octanol–water partition coefficient (Wildman–Crippen LogP) is 1.26. The summed E-state index contributed by atoms with van der Waals surface area (Å²) in [6.07, 6.45) is 3.00. The highest BCUT2D eigenvalue weighted by Crippen LogP contribution is 2.11. The van der Waals surface area contributed by atoms with Crippen LogP contribution >= 0.6 is 11.3 Å². The van der Waals surface area contributed by atoms with Crippen LogP contribution in [0.4, 0.5) is 0 Å². The van der Waals surface area contributed by atoms with Gasteiger partial charge in [0.25, 0.3) is 11.8 Å². The minimum atomic E-state index is -0.463. The fourth-order valence-corrected chi connectivity index (χ4v) is 2.52. The molecule has 0 atom stereocenters. The number of aromatic nitrogens is 4. The number of thiophene rings is 1. The van der Waals surface area contributed by atoms with Crippen LogP contribution in [0.5, 0.6) is 0 Å².